The summed E-state index contributed by atoms with van der Waals surface area (Å²) in [5.41, 5.74) is 2.69. The van der Waals surface area contributed by atoms with Gasteiger partial charge in [-0.15, -0.1) is 18.2 Å². The van der Waals surface area contributed by atoms with Gasteiger partial charge < -0.3 is 38.7 Å². The van der Waals surface area contributed by atoms with E-state index in [4.69, 9.17) is 45.3 Å². The zero-order valence-corrected chi connectivity index (χ0v) is 36.6. The normalized spacial score (nSPS) is 25.2. The number of rotatable bonds is 21. The third kappa shape index (κ3) is 10.7. The molecule has 7 atom stereocenters. The minimum atomic E-state index is -1.61. The van der Waals surface area contributed by atoms with Crippen molar-refractivity contribution in [3.8, 4) is 17.2 Å². The van der Waals surface area contributed by atoms with Crippen molar-refractivity contribution in [2.75, 3.05) is 38.9 Å². The minimum Gasteiger partial charge on any atom is -0.459 e. The second-order valence-electron chi connectivity index (χ2n) is 16.6. The molecule has 0 radical (unpaired) electrons. The number of benzene rings is 3. The number of carbonyl (C=O) groups is 1. The van der Waals surface area contributed by atoms with Gasteiger partial charge in [-0.2, -0.15) is 0 Å². The van der Waals surface area contributed by atoms with Crippen molar-refractivity contribution in [1.82, 2.24) is 4.90 Å². The molecule has 2 N–H and O–H groups in total. The Bertz CT molecular complexity index is 2130. The molecule has 4 aliphatic rings. The van der Waals surface area contributed by atoms with Crippen LogP contribution in [-0.2, 0) is 25.6 Å². The molecule has 1 saturated heterocycles. The molecular weight excluding hydrogens is 849 g/mol. The van der Waals surface area contributed by atoms with E-state index >= 15 is 0 Å². The highest BCUT2D eigenvalue weighted by Gasteiger charge is 2.65. The molecule has 0 bridgehead atoms. The van der Waals surface area contributed by atoms with Gasteiger partial charge in [-0.1, -0.05) is 48.3 Å². The summed E-state index contributed by atoms with van der Waals surface area (Å²) < 4.78 is 46.7. The van der Waals surface area contributed by atoms with Crippen LogP contribution in [0.5, 0.6) is 17.2 Å². The number of nitro groups is 1. The fourth-order valence-electron chi connectivity index (χ4n) is 9.72. The zero-order chi connectivity index (χ0) is 45.1. The lowest BCUT2D eigenvalue weighted by Crippen LogP contribution is -2.70. The second kappa shape index (κ2) is 22.2. The predicted octanol–water partition coefficient (Wildman–Crippen LogP) is 9.56. The number of halogens is 2. The average molecular weight is 906 g/mol. The van der Waals surface area contributed by atoms with Gasteiger partial charge in [0.2, 0.25) is 12.1 Å². The number of nitro benzene ring substituents is 1. The summed E-state index contributed by atoms with van der Waals surface area (Å²) >= 11 is 6.07. The Labute approximate surface area is 377 Å². The minimum absolute atomic E-state index is 0.0164. The van der Waals surface area contributed by atoms with Gasteiger partial charge in [0, 0.05) is 50.1 Å². The van der Waals surface area contributed by atoms with E-state index in [1.54, 1.807) is 47.4 Å². The number of oxime groups is 1. The molecule has 3 aromatic rings. The van der Waals surface area contributed by atoms with Crippen LogP contribution in [0.2, 0.25) is 0 Å². The molecule has 14 nitrogen and oxygen atoms in total. The Morgan fingerprint density at radius 2 is 1.83 bits per heavy atom. The topological polar surface area (TPSA) is 172 Å². The molecule has 2 fully saturated rings. The number of hydrogen-bond donors (Lipinski definition) is 2. The molecule has 0 aromatic heterocycles. The number of non-ortho nitro benzene ring substituents is 1. The van der Waals surface area contributed by atoms with Crippen molar-refractivity contribution in [3.63, 3.8) is 0 Å². The molecule has 2 aliphatic heterocycles. The van der Waals surface area contributed by atoms with E-state index in [2.05, 4.69) is 12.7 Å². The van der Waals surface area contributed by atoms with Crippen molar-refractivity contribution in [2.45, 2.75) is 94.8 Å². The molecule has 0 spiro atoms. The van der Waals surface area contributed by atoms with Crippen LogP contribution in [-0.4, -0.2) is 88.9 Å². The Hall–Kier alpha value is -5.06. The molecule has 344 valence electrons. The zero-order valence-electron chi connectivity index (χ0n) is 35.9. The van der Waals surface area contributed by atoms with Crippen LogP contribution < -0.4 is 9.47 Å². The van der Waals surface area contributed by atoms with Crippen LogP contribution in [0.25, 0.3) is 0 Å². The highest BCUT2D eigenvalue weighted by atomic mass is 35.5. The lowest BCUT2D eigenvalue weighted by molar-refractivity contribution is -0.384. The van der Waals surface area contributed by atoms with E-state index in [1.807, 2.05) is 6.07 Å². The van der Waals surface area contributed by atoms with Crippen molar-refractivity contribution >= 4 is 29.1 Å². The number of carbonyl (C=O) groups excluding carboxylic acids is 1. The van der Waals surface area contributed by atoms with E-state index < -0.39 is 40.9 Å². The highest BCUT2D eigenvalue weighted by molar-refractivity contribution is 6.18. The van der Waals surface area contributed by atoms with Crippen LogP contribution in [0, 0.1) is 33.7 Å². The number of ether oxygens (including phenoxy) is 5. The lowest BCUT2D eigenvalue weighted by Gasteiger charge is -2.59. The number of aliphatic hydroxyl groups excluding tert-OH is 2. The van der Waals surface area contributed by atoms with E-state index in [-0.39, 0.29) is 74.5 Å². The van der Waals surface area contributed by atoms with E-state index in [0.717, 1.165) is 36.8 Å². The first kappa shape index (κ1) is 46.9. The molecule has 3 aromatic carbocycles. The first-order valence-corrected chi connectivity index (χ1v) is 22.7. The van der Waals surface area contributed by atoms with Crippen molar-refractivity contribution < 1.29 is 52.8 Å². The van der Waals surface area contributed by atoms with Gasteiger partial charge in [0.15, 0.2) is 0 Å². The quantitative estimate of drug-likeness (QED) is 0.0343. The Morgan fingerprint density at radius 1 is 1.05 bits per heavy atom. The SMILES string of the molecule is C=CCOC12Oc3ccc(Oc4cccc([N+](=O)[O-])c4)cc3C3C(CCCCO)C(CCCCO)C=C(C(=NOC4CCCCO4)CC1N(Cc1ccc(F)cc1)C(=O)OCCCl)C32. The molecule has 7 rings (SSSR count). The fraction of sp³-hybridized carbons (Fsp3) is 0.500. The van der Waals surface area contributed by atoms with Crippen LogP contribution in [0.3, 0.4) is 0 Å². The number of fused-ring (bicyclic) bond motifs is 2. The average Bonchev–Trinajstić information content (AvgIpc) is 3.31. The number of hydrogen-bond acceptors (Lipinski definition) is 12. The third-order valence-corrected chi connectivity index (χ3v) is 12.7. The number of allylic oxidation sites excluding steroid dienone is 1. The molecule has 2 heterocycles. The van der Waals surface area contributed by atoms with Gasteiger partial charge in [0.25, 0.3) is 5.69 Å². The Kier molecular flexibility index (Phi) is 16.3. The highest BCUT2D eigenvalue weighted by Crippen LogP contribution is 2.62. The Morgan fingerprint density at radius 3 is 2.55 bits per heavy atom. The van der Waals surface area contributed by atoms with Crippen molar-refractivity contribution in [1.29, 1.82) is 0 Å². The Balaban J connectivity index is 1.45. The van der Waals surface area contributed by atoms with E-state index in [1.165, 1.54) is 24.3 Å². The van der Waals surface area contributed by atoms with E-state index in [0.29, 0.717) is 61.5 Å². The molecule has 16 heteroatoms. The smallest absolute Gasteiger partial charge is 0.410 e. The van der Waals surface area contributed by atoms with Crippen molar-refractivity contribution in [2.24, 2.45) is 22.9 Å². The molecule has 7 unspecified atom stereocenters. The summed E-state index contributed by atoms with van der Waals surface area (Å²) in [4.78, 5) is 33.5. The number of nitrogens with zero attached hydrogens (tertiary/aromatic N) is 3. The van der Waals surface area contributed by atoms with Crippen molar-refractivity contribution in [3.05, 3.63) is 118 Å². The molecule has 64 heavy (non-hydrogen) atoms. The molecule has 1 amide bonds. The van der Waals surface area contributed by atoms with Gasteiger partial charge in [-0.05, 0) is 97.9 Å². The molecular formula is C48H57ClFN3O11. The van der Waals surface area contributed by atoms with Gasteiger partial charge >= 0.3 is 6.09 Å². The maximum atomic E-state index is 14.5. The number of alkyl halides is 1. The summed E-state index contributed by atoms with van der Waals surface area (Å²) in [7, 11) is 0. The van der Waals surface area contributed by atoms with E-state index in [9.17, 15) is 29.5 Å². The van der Waals surface area contributed by atoms with Gasteiger partial charge in [0.05, 0.1) is 41.7 Å². The fourth-order valence-corrected chi connectivity index (χ4v) is 9.80. The summed E-state index contributed by atoms with van der Waals surface area (Å²) in [6, 6.07) is 16.4. The molecule has 1 saturated carbocycles. The summed E-state index contributed by atoms with van der Waals surface area (Å²) in [5.74, 6) is -1.96. The number of unbranched alkanes of at least 4 members (excludes halogenated alkanes) is 2. The first-order chi connectivity index (χ1) is 31.2. The standard InChI is InChI=1S/C48H57ClFN3O11/c1-2-24-61-48-43(52(47(56)60-26-21-49)31-32-15-17-34(50)18-16-32)30-41(51-64-44-14-5-8-25-59-44)39-27-33(10-3-6-22-54)38(13-4-7-23-55)45(46(39)48)40-29-37(19-20-42(40)63-48)62-36-12-9-11-35(28-36)53(57)58/h2,9,11-12,15-20,27-29,33,38,43-46,54-55H,1,3-8,10,13-14,21-26,30-31H2. The maximum absolute atomic E-state index is 14.5. The first-order valence-electron chi connectivity index (χ1n) is 22.2. The van der Waals surface area contributed by atoms with Crippen LogP contribution in [0.15, 0.2) is 96.2 Å². The predicted molar refractivity (Wildman–Crippen MR) is 237 cm³/mol. The van der Waals surface area contributed by atoms with Gasteiger partial charge in [-0.25, -0.2) is 9.18 Å². The second-order valence-corrected chi connectivity index (χ2v) is 17.0. The van der Waals surface area contributed by atoms with Gasteiger partial charge in [0.1, 0.15) is 35.7 Å². The summed E-state index contributed by atoms with van der Waals surface area (Å²) in [5, 5.41) is 36.4. The maximum Gasteiger partial charge on any atom is 0.410 e. The molecule has 2 aliphatic carbocycles. The van der Waals surface area contributed by atoms with Crippen LogP contribution in [0.4, 0.5) is 14.9 Å². The summed E-state index contributed by atoms with van der Waals surface area (Å²) in [6.07, 6.45) is 9.25. The third-order valence-electron chi connectivity index (χ3n) is 12.5. The number of amides is 1. The monoisotopic (exact) mass is 905 g/mol. The van der Waals surface area contributed by atoms with Crippen LogP contribution >= 0.6 is 11.6 Å². The van der Waals surface area contributed by atoms with Crippen LogP contribution in [0.1, 0.15) is 81.3 Å². The lowest BCUT2D eigenvalue weighted by atomic mass is 9.55. The largest absolute Gasteiger partial charge is 0.459 e. The summed E-state index contributed by atoms with van der Waals surface area (Å²) in [6.45, 7) is 4.54. The number of aliphatic hydroxyl groups is 2. The van der Waals surface area contributed by atoms with Gasteiger partial charge in [-0.3, -0.25) is 15.0 Å².